The standard InChI is InChI=1S/C19H26N6O/c1-20-18(25-11-10-19(13-25)8-3-9-19)21-12-16-22-17(24-23-16)14-4-6-15(26-2)7-5-14/h4-7H,3,8-13H2,1-2H3,(H,20,21)(H,22,23,24). The molecule has 26 heavy (non-hydrogen) atoms. The second kappa shape index (κ2) is 6.97. The van der Waals surface area contributed by atoms with Gasteiger partial charge in [-0.15, -0.1) is 0 Å². The van der Waals surface area contributed by atoms with Crippen molar-refractivity contribution in [2.75, 3.05) is 27.2 Å². The van der Waals surface area contributed by atoms with E-state index in [1.165, 1.54) is 25.7 Å². The van der Waals surface area contributed by atoms with E-state index in [0.29, 0.717) is 17.8 Å². The molecule has 0 atom stereocenters. The fourth-order valence-corrected chi connectivity index (χ4v) is 3.94. The van der Waals surface area contributed by atoms with E-state index in [-0.39, 0.29) is 0 Å². The highest BCUT2D eigenvalue weighted by molar-refractivity contribution is 5.80. The molecular weight excluding hydrogens is 328 g/mol. The summed E-state index contributed by atoms with van der Waals surface area (Å²) in [6.07, 6.45) is 5.41. The van der Waals surface area contributed by atoms with Crippen molar-refractivity contribution >= 4 is 5.96 Å². The number of methoxy groups -OCH3 is 1. The number of hydrogen-bond donors (Lipinski definition) is 2. The van der Waals surface area contributed by atoms with Crippen molar-refractivity contribution in [3.05, 3.63) is 30.1 Å². The zero-order valence-corrected chi connectivity index (χ0v) is 15.5. The molecule has 2 fully saturated rings. The Kier molecular flexibility index (Phi) is 4.53. The van der Waals surface area contributed by atoms with E-state index in [2.05, 4.69) is 30.4 Å². The summed E-state index contributed by atoms with van der Waals surface area (Å²) < 4.78 is 5.19. The lowest BCUT2D eigenvalue weighted by Gasteiger charge is -2.38. The van der Waals surface area contributed by atoms with Gasteiger partial charge in [0.25, 0.3) is 0 Å². The molecule has 1 saturated heterocycles. The number of likely N-dealkylation sites (tertiary alicyclic amines) is 1. The van der Waals surface area contributed by atoms with E-state index in [4.69, 9.17) is 4.74 Å². The highest BCUT2D eigenvalue weighted by atomic mass is 16.5. The third-order valence-corrected chi connectivity index (χ3v) is 5.66. The number of aliphatic imine (C=N–C) groups is 1. The molecule has 2 aliphatic rings. The lowest BCUT2D eigenvalue weighted by Crippen LogP contribution is -2.42. The summed E-state index contributed by atoms with van der Waals surface area (Å²) in [4.78, 5) is 11.4. The molecule has 7 nitrogen and oxygen atoms in total. The zero-order chi connectivity index (χ0) is 18.0. The van der Waals surface area contributed by atoms with E-state index in [0.717, 1.165) is 36.2 Å². The summed E-state index contributed by atoms with van der Waals surface area (Å²) in [6, 6.07) is 7.74. The molecule has 1 aliphatic heterocycles. The minimum absolute atomic E-state index is 0.561. The summed E-state index contributed by atoms with van der Waals surface area (Å²) in [6.45, 7) is 2.80. The normalized spacial score (nSPS) is 18.8. The van der Waals surface area contributed by atoms with Crippen molar-refractivity contribution in [1.82, 2.24) is 25.4 Å². The first-order valence-corrected chi connectivity index (χ1v) is 9.23. The molecule has 1 aromatic heterocycles. The van der Waals surface area contributed by atoms with Gasteiger partial charge in [-0.3, -0.25) is 10.1 Å². The van der Waals surface area contributed by atoms with Gasteiger partial charge >= 0.3 is 0 Å². The third kappa shape index (κ3) is 3.25. The van der Waals surface area contributed by atoms with Crippen molar-refractivity contribution in [2.24, 2.45) is 10.4 Å². The van der Waals surface area contributed by atoms with Gasteiger partial charge in [0, 0.05) is 25.7 Å². The SMILES string of the molecule is CN=C(NCc1nc(-c2ccc(OC)cc2)n[nH]1)N1CCC2(CCC2)C1. The Morgan fingerprint density at radius 2 is 2.12 bits per heavy atom. The average molecular weight is 354 g/mol. The van der Waals surface area contributed by atoms with Gasteiger partial charge in [0.05, 0.1) is 13.7 Å². The van der Waals surface area contributed by atoms with Crippen LogP contribution in [0.2, 0.25) is 0 Å². The topological polar surface area (TPSA) is 78.4 Å². The third-order valence-electron chi connectivity index (χ3n) is 5.66. The minimum Gasteiger partial charge on any atom is -0.497 e. The van der Waals surface area contributed by atoms with E-state index in [9.17, 15) is 0 Å². The van der Waals surface area contributed by atoms with Crippen LogP contribution in [0.5, 0.6) is 5.75 Å². The number of rotatable bonds is 4. The Balaban J connectivity index is 1.36. The number of guanidine groups is 1. The molecule has 1 spiro atoms. The first-order valence-electron chi connectivity index (χ1n) is 9.23. The largest absolute Gasteiger partial charge is 0.497 e. The maximum Gasteiger partial charge on any atom is 0.194 e. The Morgan fingerprint density at radius 3 is 2.73 bits per heavy atom. The van der Waals surface area contributed by atoms with Crippen LogP contribution in [0.3, 0.4) is 0 Å². The Morgan fingerprint density at radius 1 is 1.31 bits per heavy atom. The smallest absolute Gasteiger partial charge is 0.194 e. The molecule has 0 bridgehead atoms. The predicted molar refractivity (Wildman–Crippen MR) is 101 cm³/mol. The molecule has 2 N–H and O–H groups in total. The number of aromatic nitrogens is 3. The molecule has 4 rings (SSSR count). The molecule has 1 saturated carbocycles. The van der Waals surface area contributed by atoms with Crippen LogP contribution in [0.4, 0.5) is 0 Å². The van der Waals surface area contributed by atoms with E-state index in [1.54, 1.807) is 7.11 Å². The van der Waals surface area contributed by atoms with Gasteiger partial charge in [0.15, 0.2) is 11.8 Å². The van der Waals surface area contributed by atoms with Crippen molar-refractivity contribution in [3.8, 4) is 17.1 Å². The lowest BCUT2D eigenvalue weighted by atomic mass is 9.68. The van der Waals surface area contributed by atoms with Gasteiger partial charge in [0.2, 0.25) is 0 Å². The molecule has 0 radical (unpaired) electrons. The lowest BCUT2D eigenvalue weighted by molar-refractivity contribution is 0.151. The summed E-state index contributed by atoms with van der Waals surface area (Å²) in [5.41, 5.74) is 1.52. The fourth-order valence-electron chi connectivity index (χ4n) is 3.94. The number of nitrogens with one attached hydrogen (secondary N) is 2. The predicted octanol–water partition coefficient (Wildman–Crippen LogP) is 2.43. The van der Waals surface area contributed by atoms with Crippen LogP contribution >= 0.6 is 0 Å². The van der Waals surface area contributed by atoms with Crippen LogP contribution in [0, 0.1) is 5.41 Å². The number of nitrogens with zero attached hydrogens (tertiary/aromatic N) is 4. The fraction of sp³-hybridized carbons (Fsp3) is 0.526. The van der Waals surface area contributed by atoms with Crippen molar-refractivity contribution < 1.29 is 4.74 Å². The number of aromatic amines is 1. The maximum absolute atomic E-state index is 5.19. The molecular formula is C19H26N6O. The number of benzene rings is 1. The molecule has 138 valence electrons. The van der Waals surface area contributed by atoms with Gasteiger partial charge in [-0.25, -0.2) is 4.98 Å². The van der Waals surface area contributed by atoms with Crippen LogP contribution in [-0.2, 0) is 6.54 Å². The Hall–Kier alpha value is -2.57. The van der Waals surface area contributed by atoms with Gasteiger partial charge in [0.1, 0.15) is 11.6 Å². The molecule has 7 heteroatoms. The first kappa shape index (κ1) is 16.9. The van der Waals surface area contributed by atoms with Crippen LogP contribution in [-0.4, -0.2) is 53.3 Å². The van der Waals surface area contributed by atoms with E-state index >= 15 is 0 Å². The second-order valence-electron chi connectivity index (χ2n) is 7.26. The number of hydrogen-bond acceptors (Lipinski definition) is 4. The van der Waals surface area contributed by atoms with Gasteiger partial charge < -0.3 is 15.0 Å². The van der Waals surface area contributed by atoms with Crippen molar-refractivity contribution in [3.63, 3.8) is 0 Å². The first-order chi connectivity index (χ1) is 12.7. The van der Waals surface area contributed by atoms with Crippen LogP contribution in [0.15, 0.2) is 29.3 Å². The van der Waals surface area contributed by atoms with Gasteiger partial charge in [-0.2, -0.15) is 5.10 Å². The van der Waals surface area contributed by atoms with E-state index in [1.807, 2.05) is 31.3 Å². The second-order valence-corrected chi connectivity index (χ2v) is 7.26. The highest BCUT2D eigenvalue weighted by Gasteiger charge is 2.43. The quantitative estimate of drug-likeness (QED) is 0.651. The highest BCUT2D eigenvalue weighted by Crippen LogP contribution is 2.47. The minimum atomic E-state index is 0.561. The van der Waals surface area contributed by atoms with Crippen LogP contribution in [0.25, 0.3) is 11.4 Å². The van der Waals surface area contributed by atoms with Gasteiger partial charge in [-0.1, -0.05) is 6.42 Å². The van der Waals surface area contributed by atoms with Crippen LogP contribution < -0.4 is 10.1 Å². The summed E-state index contributed by atoms with van der Waals surface area (Å²) >= 11 is 0. The van der Waals surface area contributed by atoms with Crippen molar-refractivity contribution in [2.45, 2.75) is 32.2 Å². The molecule has 2 heterocycles. The average Bonchev–Trinajstić information content (AvgIpc) is 3.30. The molecule has 1 aromatic carbocycles. The number of H-pyrrole nitrogens is 1. The Labute approximate surface area is 153 Å². The molecule has 0 amide bonds. The van der Waals surface area contributed by atoms with E-state index < -0.39 is 0 Å². The maximum atomic E-state index is 5.19. The molecule has 1 aliphatic carbocycles. The van der Waals surface area contributed by atoms with Crippen molar-refractivity contribution in [1.29, 1.82) is 0 Å². The monoisotopic (exact) mass is 354 g/mol. The Bertz CT molecular complexity index is 778. The number of ether oxygens (including phenoxy) is 1. The summed E-state index contributed by atoms with van der Waals surface area (Å²) in [7, 11) is 3.50. The molecule has 0 unspecified atom stereocenters. The summed E-state index contributed by atoms with van der Waals surface area (Å²) in [5, 5.41) is 10.8. The van der Waals surface area contributed by atoms with Crippen LogP contribution in [0.1, 0.15) is 31.5 Å². The summed E-state index contributed by atoms with van der Waals surface area (Å²) in [5.74, 6) is 3.27. The molecule has 2 aromatic rings. The van der Waals surface area contributed by atoms with Gasteiger partial charge in [-0.05, 0) is 48.9 Å². The zero-order valence-electron chi connectivity index (χ0n) is 15.5.